The van der Waals surface area contributed by atoms with Crippen molar-refractivity contribution in [1.29, 1.82) is 0 Å². The van der Waals surface area contributed by atoms with Gasteiger partial charge in [-0.15, -0.1) is 0 Å². The quantitative estimate of drug-likeness (QED) is 0.843. The number of furan rings is 1. The Morgan fingerprint density at radius 3 is 2.88 bits per heavy atom. The summed E-state index contributed by atoms with van der Waals surface area (Å²) in [5.41, 5.74) is 0. The average Bonchev–Trinajstić information content (AvgIpc) is 2.81. The van der Waals surface area contributed by atoms with Gasteiger partial charge in [0.15, 0.2) is 5.76 Å². The maximum Gasteiger partial charge on any atom is 0.287 e. The lowest BCUT2D eigenvalue weighted by atomic mass is 9.92. The second-order valence-electron chi connectivity index (χ2n) is 4.55. The molecule has 0 aromatic carbocycles. The SMILES string of the molecule is CCc1ccc(C(=O)NC2CCCCC2O)o1. The lowest BCUT2D eigenvalue weighted by Gasteiger charge is -2.27. The van der Waals surface area contributed by atoms with Gasteiger partial charge in [-0.05, 0) is 25.0 Å². The molecule has 1 saturated carbocycles. The molecule has 1 heterocycles. The Hall–Kier alpha value is -1.29. The molecule has 1 aliphatic rings. The molecule has 2 N–H and O–H groups in total. The van der Waals surface area contributed by atoms with Crippen molar-refractivity contribution in [3.63, 3.8) is 0 Å². The van der Waals surface area contributed by atoms with Crippen molar-refractivity contribution in [3.05, 3.63) is 23.7 Å². The van der Waals surface area contributed by atoms with E-state index in [9.17, 15) is 9.90 Å². The van der Waals surface area contributed by atoms with E-state index in [-0.39, 0.29) is 11.9 Å². The molecule has 1 aliphatic carbocycles. The summed E-state index contributed by atoms with van der Waals surface area (Å²) >= 11 is 0. The van der Waals surface area contributed by atoms with Gasteiger partial charge in [-0.1, -0.05) is 19.8 Å². The molecule has 4 heteroatoms. The first kappa shape index (κ1) is 12.2. The van der Waals surface area contributed by atoms with Gasteiger partial charge < -0.3 is 14.8 Å². The van der Waals surface area contributed by atoms with Crippen molar-refractivity contribution >= 4 is 5.91 Å². The number of rotatable bonds is 3. The van der Waals surface area contributed by atoms with Crippen molar-refractivity contribution in [3.8, 4) is 0 Å². The van der Waals surface area contributed by atoms with E-state index < -0.39 is 6.10 Å². The molecule has 2 rings (SSSR count). The number of aliphatic hydroxyl groups excluding tert-OH is 1. The van der Waals surface area contributed by atoms with Crippen LogP contribution in [0.15, 0.2) is 16.5 Å². The van der Waals surface area contributed by atoms with E-state index in [2.05, 4.69) is 5.32 Å². The highest BCUT2D eigenvalue weighted by Crippen LogP contribution is 2.19. The minimum Gasteiger partial charge on any atom is -0.456 e. The Balaban J connectivity index is 1.96. The number of carbonyl (C=O) groups excluding carboxylic acids is 1. The van der Waals surface area contributed by atoms with Gasteiger partial charge in [0.1, 0.15) is 5.76 Å². The molecule has 0 radical (unpaired) electrons. The maximum atomic E-state index is 11.9. The Morgan fingerprint density at radius 2 is 2.24 bits per heavy atom. The van der Waals surface area contributed by atoms with Gasteiger partial charge in [-0.25, -0.2) is 0 Å². The minimum absolute atomic E-state index is 0.133. The molecule has 0 saturated heterocycles. The molecule has 94 valence electrons. The van der Waals surface area contributed by atoms with E-state index in [1.807, 2.05) is 13.0 Å². The zero-order chi connectivity index (χ0) is 12.3. The van der Waals surface area contributed by atoms with Gasteiger partial charge >= 0.3 is 0 Å². The molecule has 17 heavy (non-hydrogen) atoms. The fourth-order valence-electron chi connectivity index (χ4n) is 2.21. The number of nitrogens with one attached hydrogen (secondary N) is 1. The average molecular weight is 237 g/mol. The number of aryl methyl sites for hydroxylation is 1. The van der Waals surface area contributed by atoms with Crippen LogP contribution in [0, 0.1) is 0 Å². The number of amides is 1. The van der Waals surface area contributed by atoms with Crippen LogP contribution >= 0.6 is 0 Å². The molecule has 4 nitrogen and oxygen atoms in total. The summed E-state index contributed by atoms with van der Waals surface area (Å²) in [6.07, 6.45) is 4.05. The van der Waals surface area contributed by atoms with Gasteiger partial charge in [0.05, 0.1) is 12.1 Å². The van der Waals surface area contributed by atoms with Crippen molar-refractivity contribution in [2.45, 2.75) is 51.2 Å². The zero-order valence-electron chi connectivity index (χ0n) is 10.1. The van der Waals surface area contributed by atoms with Gasteiger partial charge in [0.25, 0.3) is 5.91 Å². The monoisotopic (exact) mass is 237 g/mol. The van der Waals surface area contributed by atoms with Gasteiger partial charge in [0, 0.05) is 6.42 Å². The summed E-state index contributed by atoms with van der Waals surface area (Å²) in [5, 5.41) is 12.6. The summed E-state index contributed by atoms with van der Waals surface area (Å²) in [6.45, 7) is 1.98. The summed E-state index contributed by atoms with van der Waals surface area (Å²) in [5.74, 6) is 0.912. The van der Waals surface area contributed by atoms with Crippen LogP contribution in [-0.4, -0.2) is 23.2 Å². The van der Waals surface area contributed by atoms with E-state index in [1.165, 1.54) is 0 Å². The predicted molar refractivity (Wildman–Crippen MR) is 63.8 cm³/mol. The topological polar surface area (TPSA) is 62.5 Å². The first-order valence-corrected chi connectivity index (χ1v) is 6.28. The van der Waals surface area contributed by atoms with Crippen molar-refractivity contribution in [2.24, 2.45) is 0 Å². The fraction of sp³-hybridized carbons (Fsp3) is 0.615. The molecule has 1 amide bonds. The van der Waals surface area contributed by atoms with Gasteiger partial charge in [0.2, 0.25) is 0 Å². The van der Waals surface area contributed by atoms with E-state index in [1.54, 1.807) is 6.07 Å². The highest BCUT2D eigenvalue weighted by atomic mass is 16.3. The maximum absolute atomic E-state index is 11.9. The summed E-state index contributed by atoms with van der Waals surface area (Å²) in [7, 11) is 0. The third-order valence-electron chi connectivity index (χ3n) is 3.28. The van der Waals surface area contributed by atoms with Crippen LogP contribution in [0.4, 0.5) is 0 Å². The van der Waals surface area contributed by atoms with E-state index in [4.69, 9.17) is 4.42 Å². The van der Waals surface area contributed by atoms with E-state index in [0.717, 1.165) is 37.9 Å². The lowest BCUT2D eigenvalue weighted by molar-refractivity contribution is 0.0697. The summed E-state index contributed by atoms with van der Waals surface area (Å²) < 4.78 is 5.38. The van der Waals surface area contributed by atoms with Crippen LogP contribution in [0.2, 0.25) is 0 Å². The van der Waals surface area contributed by atoms with Crippen molar-refractivity contribution in [1.82, 2.24) is 5.32 Å². The first-order valence-electron chi connectivity index (χ1n) is 6.28. The predicted octanol–water partition coefficient (Wildman–Crippen LogP) is 1.88. The van der Waals surface area contributed by atoms with Gasteiger partial charge in [-0.2, -0.15) is 0 Å². The molecule has 1 aromatic heterocycles. The summed E-state index contributed by atoms with van der Waals surface area (Å²) in [6, 6.07) is 3.36. The third kappa shape index (κ3) is 2.88. The van der Waals surface area contributed by atoms with Crippen LogP contribution in [0.1, 0.15) is 48.9 Å². The Labute approximate surface area is 101 Å². The Morgan fingerprint density at radius 1 is 1.47 bits per heavy atom. The van der Waals surface area contributed by atoms with Gasteiger partial charge in [-0.3, -0.25) is 4.79 Å². The normalized spacial score (nSPS) is 24.6. The van der Waals surface area contributed by atoms with Crippen LogP contribution < -0.4 is 5.32 Å². The largest absolute Gasteiger partial charge is 0.456 e. The number of hydrogen-bond acceptors (Lipinski definition) is 3. The molecular formula is C13H19NO3. The fourth-order valence-corrected chi connectivity index (χ4v) is 2.21. The molecule has 2 atom stereocenters. The van der Waals surface area contributed by atoms with Crippen LogP contribution in [0.25, 0.3) is 0 Å². The highest BCUT2D eigenvalue weighted by Gasteiger charge is 2.25. The van der Waals surface area contributed by atoms with Crippen molar-refractivity contribution in [2.75, 3.05) is 0 Å². The van der Waals surface area contributed by atoms with Crippen LogP contribution in [0.5, 0.6) is 0 Å². The second kappa shape index (κ2) is 5.36. The Kier molecular flexibility index (Phi) is 3.84. The second-order valence-corrected chi connectivity index (χ2v) is 4.55. The van der Waals surface area contributed by atoms with E-state index >= 15 is 0 Å². The minimum atomic E-state index is -0.423. The number of aliphatic hydroxyl groups is 1. The Bertz CT molecular complexity index is 386. The molecule has 0 spiro atoms. The number of hydrogen-bond donors (Lipinski definition) is 2. The third-order valence-corrected chi connectivity index (χ3v) is 3.28. The molecule has 0 aliphatic heterocycles. The highest BCUT2D eigenvalue weighted by molar-refractivity contribution is 5.91. The molecule has 2 unspecified atom stereocenters. The summed E-state index contributed by atoms with van der Waals surface area (Å²) in [4.78, 5) is 11.9. The molecule has 0 bridgehead atoms. The van der Waals surface area contributed by atoms with Crippen molar-refractivity contribution < 1.29 is 14.3 Å². The first-order chi connectivity index (χ1) is 8.20. The van der Waals surface area contributed by atoms with Crippen LogP contribution in [0.3, 0.4) is 0 Å². The molecule has 1 fully saturated rings. The zero-order valence-corrected chi connectivity index (χ0v) is 10.1. The molecular weight excluding hydrogens is 218 g/mol. The lowest BCUT2D eigenvalue weighted by Crippen LogP contribution is -2.44. The number of carbonyl (C=O) groups is 1. The molecule has 1 aromatic rings. The smallest absolute Gasteiger partial charge is 0.287 e. The van der Waals surface area contributed by atoms with Crippen LogP contribution in [-0.2, 0) is 6.42 Å². The van der Waals surface area contributed by atoms with E-state index in [0.29, 0.717) is 5.76 Å². The standard InChI is InChI=1S/C13H19NO3/c1-2-9-7-8-12(17-9)13(16)14-10-5-3-4-6-11(10)15/h7-8,10-11,15H,2-6H2,1H3,(H,14,16).